The molecule has 3 heteroatoms. The van der Waals surface area contributed by atoms with Gasteiger partial charge in [0.1, 0.15) is 0 Å². The molecule has 3 nitrogen and oxygen atoms in total. The standard InChI is InChI=1S/C15H30N2O/c1-4-14-6-5-7-15(8-14,11-16)17-9-12(2)18-13(3)10-17/h12-14H,4-11,16H2,1-3H3/t12-,13+,14?,15?. The maximum absolute atomic E-state index is 6.19. The first kappa shape index (κ1) is 14.3. The zero-order chi connectivity index (χ0) is 13.2. The van der Waals surface area contributed by atoms with E-state index in [0.717, 1.165) is 25.6 Å². The van der Waals surface area contributed by atoms with E-state index < -0.39 is 0 Å². The number of nitrogens with two attached hydrogens (primary N) is 1. The minimum atomic E-state index is 0.255. The molecule has 2 fully saturated rings. The first-order valence-corrected chi connectivity index (χ1v) is 7.70. The molecule has 2 unspecified atom stereocenters. The van der Waals surface area contributed by atoms with Crippen molar-refractivity contribution in [3.8, 4) is 0 Å². The lowest BCUT2D eigenvalue weighted by Crippen LogP contribution is -2.62. The summed E-state index contributed by atoms with van der Waals surface area (Å²) in [6.45, 7) is 9.61. The molecule has 0 spiro atoms. The van der Waals surface area contributed by atoms with E-state index in [1.54, 1.807) is 0 Å². The number of morpholine rings is 1. The first-order chi connectivity index (χ1) is 8.59. The van der Waals surface area contributed by atoms with E-state index in [2.05, 4.69) is 25.7 Å². The summed E-state index contributed by atoms with van der Waals surface area (Å²) >= 11 is 0. The molecule has 1 aliphatic carbocycles. The van der Waals surface area contributed by atoms with Gasteiger partial charge in [0.05, 0.1) is 12.2 Å². The topological polar surface area (TPSA) is 38.5 Å². The summed E-state index contributed by atoms with van der Waals surface area (Å²) < 4.78 is 5.87. The Kier molecular flexibility index (Phi) is 4.68. The van der Waals surface area contributed by atoms with E-state index in [1.165, 1.54) is 32.1 Å². The van der Waals surface area contributed by atoms with Gasteiger partial charge in [-0.1, -0.05) is 26.2 Å². The number of ether oxygens (including phenoxy) is 1. The smallest absolute Gasteiger partial charge is 0.0678 e. The fourth-order valence-electron chi connectivity index (χ4n) is 3.98. The summed E-state index contributed by atoms with van der Waals surface area (Å²) in [6, 6.07) is 0. The van der Waals surface area contributed by atoms with Crippen LogP contribution in [0.1, 0.15) is 52.9 Å². The molecule has 0 amide bonds. The average Bonchev–Trinajstić information content (AvgIpc) is 2.37. The average molecular weight is 254 g/mol. The molecule has 106 valence electrons. The van der Waals surface area contributed by atoms with Crippen LogP contribution in [-0.4, -0.2) is 42.3 Å². The molecule has 0 bridgehead atoms. The quantitative estimate of drug-likeness (QED) is 0.840. The van der Waals surface area contributed by atoms with Crippen molar-refractivity contribution in [1.29, 1.82) is 0 Å². The Bertz CT molecular complexity index is 261. The van der Waals surface area contributed by atoms with Gasteiger partial charge in [-0.2, -0.15) is 0 Å². The predicted molar refractivity (Wildman–Crippen MR) is 75.6 cm³/mol. The van der Waals surface area contributed by atoms with Crippen molar-refractivity contribution in [3.63, 3.8) is 0 Å². The van der Waals surface area contributed by atoms with Gasteiger partial charge >= 0.3 is 0 Å². The maximum Gasteiger partial charge on any atom is 0.0678 e. The van der Waals surface area contributed by atoms with E-state index in [1.807, 2.05) is 0 Å². The van der Waals surface area contributed by atoms with Gasteiger partial charge in [0.25, 0.3) is 0 Å². The molecule has 2 N–H and O–H groups in total. The lowest BCUT2D eigenvalue weighted by molar-refractivity contribution is -0.111. The maximum atomic E-state index is 6.19. The van der Waals surface area contributed by atoms with Gasteiger partial charge < -0.3 is 10.5 Å². The van der Waals surface area contributed by atoms with Crippen LogP contribution in [-0.2, 0) is 4.74 Å². The highest BCUT2D eigenvalue weighted by Gasteiger charge is 2.42. The van der Waals surface area contributed by atoms with Crippen LogP contribution in [0.2, 0.25) is 0 Å². The predicted octanol–water partition coefficient (Wildman–Crippen LogP) is 2.39. The molecule has 2 rings (SSSR count). The SMILES string of the molecule is CCC1CCCC(CN)(N2C[C@@H](C)O[C@@H](C)C2)C1. The molecule has 1 saturated carbocycles. The fourth-order valence-corrected chi connectivity index (χ4v) is 3.98. The van der Waals surface area contributed by atoms with Gasteiger partial charge in [-0.05, 0) is 32.6 Å². The van der Waals surface area contributed by atoms with Crippen molar-refractivity contribution in [2.24, 2.45) is 11.7 Å². The number of hydrogen-bond acceptors (Lipinski definition) is 3. The Balaban J connectivity index is 2.10. The van der Waals surface area contributed by atoms with Gasteiger partial charge in [0.15, 0.2) is 0 Å². The van der Waals surface area contributed by atoms with Crippen LogP contribution in [0.3, 0.4) is 0 Å². The van der Waals surface area contributed by atoms with Crippen LogP contribution in [0.25, 0.3) is 0 Å². The Morgan fingerprint density at radius 2 is 1.94 bits per heavy atom. The van der Waals surface area contributed by atoms with Crippen molar-refractivity contribution in [1.82, 2.24) is 4.90 Å². The lowest BCUT2D eigenvalue weighted by atomic mass is 9.73. The summed E-state index contributed by atoms with van der Waals surface area (Å²) in [4.78, 5) is 2.65. The van der Waals surface area contributed by atoms with Gasteiger partial charge in [0, 0.05) is 25.2 Å². The van der Waals surface area contributed by atoms with Gasteiger partial charge in [-0.3, -0.25) is 4.90 Å². The molecule has 4 atom stereocenters. The molecule has 1 aliphatic heterocycles. The molecule has 1 saturated heterocycles. The van der Waals surface area contributed by atoms with Crippen molar-refractivity contribution in [3.05, 3.63) is 0 Å². The highest BCUT2D eigenvalue weighted by atomic mass is 16.5. The second kappa shape index (κ2) is 5.89. The molecule has 0 aromatic rings. The monoisotopic (exact) mass is 254 g/mol. The third-order valence-corrected chi connectivity index (χ3v) is 4.97. The van der Waals surface area contributed by atoms with Gasteiger partial charge in [0.2, 0.25) is 0 Å². The highest BCUT2D eigenvalue weighted by molar-refractivity contribution is 4.98. The van der Waals surface area contributed by atoms with E-state index in [0.29, 0.717) is 12.2 Å². The molecule has 0 aromatic heterocycles. The van der Waals surface area contributed by atoms with Crippen LogP contribution >= 0.6 is 0 Å². The Labute approximate surface area is 112 Å². The van der Waals surface area contributed by atoms with Crippen molar-refractivity contribution >= 4 is 0 Å². The number of hydrogen-bond donors (Lipinski definition) is 1. The van der Waals surface area contributed by atoms with Gasteiger partial charge in [-0.25, -0.2) is 0 Å². The second-order valence-corrected chi connectivity index (χ2v) is 6.46. The van der Waals surface area contributed by atoms with E-state index >= 15 is 0 Å². The van der Waals surface area contributed by atoms with Crippen LogP contribution in [0, 0.1) is 5.92 Å². The van der Waals surface area contributed by atoms with Crippen LogP contribution in [0.15, 0.2) is 0 Å². The minimum Gasteiger partial charge on any atom is -0.373 e. The highest BCUT2D eigenvalue weighted by Crippen LogP contribution is 2.39. The largest absolute Gasteiger partial charge is 0.373 e. The summed E-state index contributed by atoms with van der Waals surface area (Å²) in [5.41, 5.74) is 6.45. The van der Waals surface area contributed by atoms with E-state index in [-0.39, 0.29) is 5.54 Å². The summed E-state index contributed by atoms with van der Waals surface area (Å²) in [6.07, 6.45) is 7.30. The van der Waals surface area contributed by atoms with Crippen LogP contribution in [0.5, 0.6) is 0 Å². The van der Waals surface area contributed by atoms with Crippen molar-refractivity contribution < 1.29 is 4.74 Å². The van der Waals surface area contributed by atoms with Gasteiger partial charge in [-0.15, -0.1) is 0 Å². The lowest BCUT2D eigenvalue weighted by Gasteiger charge is -2.51. The molecular weight excluding hydrogens is 224 g/mol. The summed E-state index contributed by atoms with van der Waals surface area (Å²) in [5, 5.41) is 0. The third kappa shape index (κ3) is 2.89. The molecule has 18 heavy (non-hydrogen) atoms. The third-order valence-electron chi connectivity index (χ3n) is 4.97. The molecule has 2 aliphatic rings. The molecule has 0 radical (unpaired) electrons. The summed E-state index contributed by atoms with van der Waals surface area (Å²) in [5.74, 6) is 0.871. The first-order valence-electron chi connectivity index (χ1n) is 7.70. The molecule has 1 heterocycles. The molecular formula is C15H30N2O. The minimum absolute atomic E-state index is 0.255. The van der Waals surface area contributed by atoms with Crippen molar-refractivity contribution in [2.45, 2.75) is 70.6 Å². The van der Waals surface area contributed by atoms with E-state index in [4.69, 9.17) is 10.5 Å². The summed E-state index contributed by atoms with van der Waals surface area (Å²) in [7, 11) is 0. The molecule has 0 aromatic carbocycles. The zero-order valence-corrected chi connectivity index (χ0v) is 12.3. The Morgan fingerprint density at radius 3 is 2.50 bits per heavy atom. The van der Waals surface area contributed by atoms with Crippen molar-refractivity contribution in [2.75, 3.05) is 19.6 Å². The Morgan fingerprint density at radius 1 is 1.28 bits per heavy atom. The number of rotatable bonds is 3. The number of nitrogens with zero attached hydrogens (tertiary/aromatic N) is 1. The van der Waals surface area contributed by atoms with Crippen LogP contribution in [0.4, 0.5) is 0 Å². The van der Waals surface area contributed by atoms with Crippen LogP contribution < -0.4 is 5.73 Å². The fraction of sp³-hybridized carbons (Fsp3) is 1.00. The normalized spacial score (nSPS) is 43.0. The second-order valence-electron chi connectivity index (χ2n) is 6.46. The van der Waals surface area contributed by atoms with E-state index in [9.17, 15) is 0 Å². The zero-order valence-electron chi connectivity index (χ0n) is 12.3. The Hall–Kier alpha value is -0.120.